The van der Waals surface area contributed by atoms with E-state index in [1.165, 1.54) is 0 Å². The fraction of sp³-hybridized carbons (Fsp3) is 0.0545. The van der Waals surface area contributed by atoms with Gasteiger partial charge in [0.1, 0.15) is 46.7 Å². The molecular formula is C55H40O6. The van der Waals surface area contributed by atoms with Crippen LogP contribution in [0.15, 0.2) is 206 Å². The highest BCUT2D eigenvalue weighted by Crippen LogP contribution is 2.44. The van der Waals surface area contributed by atoms with E-state index in [1.54, 1.807) is 0 Å². The monoisotopic (exact) mass is 796 g/mol. The third-order valence-electron chi connectivity index (χ3n) is 9.67. The van der Waals surface area contributed by atoms with Crippen molar-refractivity contribution in [2.24, 2.45) is 0 Å². The van der Waals surface area contributed by atoms with Crippen molar-refractivity contribution in [3.8, 4) is 81.5 Å². The van der Waals surface area contributed by atoms with Crippen LogP contribution in [0.2, 0.25) is 0 Å². The minimum Gasteiger partial charge on any atom is -0.456 e. The summed E-state index contributed by atoms with van der Waals surface area (Å²) >= 11 is 0. The summed E-state index contributed by atoms with van der Waals surface area (Å²) in [5.74, 6) is 12.4. The van der Waals surface area contributed by atoms with E-state index in [-0.39, 0.29) is 0 Å². The van der Waals surface area contributed by atoms with Gasteiger partial charge in [0.2, 0.25) is 0 Å². The van der Waals surface area contributed by atoms with Gasteiger partial charge in [0.15, 0.2) is 23.0 Å². The van der Waals surface area contributed by atoms with Gasteiger partial charge in [0.25, 0.3) is 0 Å². The first-order valence-electron chi connectivity index (χ1n) is 19.7. The molecule has 61 heavy (non-hydrogen) atoms. The Morgan fingerprint density at radius 2 is 0.607 bits per heavy atom. The molecule has 296 valence electrons. The lowest BCUT2D eigenvalue weighted by atomic mass is 9.77. The smallest absolute Gasteiger partial charge is 0.182 e. The lowest BCUT2D eigenvalue weighted by Crippen LogP contribution is -2.20. The SMILES string of the molecule is CC(C)(c1ccccc1Oc1ccccc1C#COc1ccccc1Oc1ccccc1)c1ccccc1Oc1ccccc1C#COc1ccccc1Oc1ccccc1. The molecule has 0 spiro atoms. The van der Waals surface area contributed by atoms with Crippen LogP contribution in [-0.2, 0) is 5.41 Å². The van der Waals surface area contributed by atoms with Crippen LogP contribution in [0.5, 0.6) is 57.5 Å². The number of hydrogen-bond acceptors (Lipinski definition) is 6. The average molecular weight is 797 g/mol. The standard InChI is InChI=1S/C55H40O6/c1-55(2,45-27-11-15-31-49(45)60-47-29-13-9-21-41(47)37-39-56-51-33-17-19-35-53(51)58-43-23-5-3-6-24-43)46-28-12-16-32-50(46)61-48-30-14-10-22-42(48)38-40-57-52-34-18-20-36-54(52)59-44-25-7-4-8-26-44/h3-36H,1-2H3. The van der Waals surface area contributed by atoms with Crippen molar-refractivity contribution < 1.29 is 28.4 Å². The van der Waals surface area contributed by atoms with Crippen molar-refractivity contribution in [2.45, 2.75) is 19.3 Å². The number of para-hydroxylation sites is 10. The summed E-state index contributed by atoms with van der Waals surface area (Å²) in [5, 5.41) is 0. The molecule has 0 saturated heterocycles. The molecule has 6 nitrogen and oxygen atoms in total. The van der Waals surface area contributed by atoms with E-state index in [1.807, 2.05) is 194 Å². The van der Waals surface area contributed by atoms with Crippen molar-refractivity contribution in [1.82, 2.24) is 0 Å². The van der Waals surface area contributed by atoms with Crippen LogP contribution in [0.4, 0.5) is 0 Å². The molecule has 0 fully saturated rings. The molecule has 0 radical (unpaired) electrons. The average Bonchev–Trinajstić information content (AvgIpc) is 3.30. The number of benzene rings is 8. The Morgan fingerprint density at radius 3 is 1.02 bits per heavy atom. The molecule has 0 aliphatic rings. The second-order valence-electron chi connectivity index (χ2n) is 14.2. The Kier molecular flexibility index (Phi) is 12.3. The van der Waals surface area contributed by atoms with E-state index >= 15 is 0 Å². The van der Waals surface area contributed by atoms with Gasteiger partial charge < -0.3 is 28.4 Å². The molecule has 0 unspecified atom stereocenters. The van der Waals surface area contributed by atoms with Crippen LogP contribution >= 0.6 is 0 Å². The van der Waals surface area contributed by atoms with E-state index in [9.17, 15) is 0 Å². The normalized spacial score (nSPS) is 10.5. The van der Waals surface area contributed by atoms with Gasteiger partial charge in [-0.25, -0.2) is 0 Å². The summed E-state index contributed by atoms with van der Waals surface area (Å²) in [7, 11) is 0. The van der Waals surface area contributed by atoms with E-state index in [0.717, 1.165) is 11.1 Å². The fourth-order valence-electron chi connectivity index (χ4n) is 6.58. The third kappa shape index (κ3) is 9.87. The van der Waals surface area contributed by atoms with Crippen LogP contribution in [0, 0.1) is 24.1 Å². The van der Waals surface area contributed by atoms with Gasteiger partial charge in [-0.2, -0.15) is 0 Å². The Hall–Kier alpha value is -8.32. The minimum atomic E-state index is -0.578. The summed E-state index contributed by atoms with van der Waals surface area (Å²) in [6.07, 6.45) is 5.72. The van der Waals surface area contributed by atoms with Crippen molar-refractivity contribution in [1.29, 1.82) is 0 Å². The molecule has 8 rings (SSSR count). The number of ether oxygens (including phenoxy) is 6. The summed E-state index contributed by atoms with van der Waals surface area (Å²) in [4.78, 5) is 0. The Balaban J connectivity index is 1.01. The highest BCUT2D eigenvalue weighted by Gasteiger charge is 2.30. The van der Waals surface area contributed by atoms with Crippen LogP contribution in [0.1, 0.15) is 36.1 Å². The van der Waals surface area contributed by atoms with Crippen LogP contribution in [0.3, 0.4) is 0 Å². The van der Waals surface area contributed by atoms with E-state index < -0.39 is 5.41 Å². The zero-order chi connectivity index (χ0) is 41.7. The van der Waals surface area contributed by atoms with Gasteiger partial charge in [0, 0.05) is 16.5 Å². The number of hydrogen-bond donors (Lipinski definition) is 0. The first-order valence-corrected chi connectivity index (χ1v) is 19.7. The molecule has 0 saturated carbocycles. The summed E-state index contributed by atoms with van der Waals surface area (Å²) < 4.78 is 37.3. The summed E-state index contributed by atoms with van der Waals surface area (Å²) in [6, 6.07) is 65.2. The van der Waals surface area contributed by atoms with Gasteiger partial charge >= 0.3 is 0 Å². The first kappa shape index (κ1) is 39.5. The van der Waals surface area contributed by atoms with Crippen molar-refractivity contribution in [3.05, 3.63) is 229 Å². The predicted molar refractivity (Wildman–Crippen MR) is 239 cm³/mol. The molecule has 0 bridgehead atoms. The quantitative estimate of drug-likeness (QED) is 0.115. The summed E-state index contributed by atoms with van der Waals surface area (Å²) in [6.45, 7) is 4.31. The van der Waals surface area contributed by atoms with Gasteiger partial charge in [-0.15, -0.1) is 0 Å². The van der Waals surface area contributed by atoms with Gasteiger partial charge in [-0.3, -0.25) is 0 Å². The Morgan fingerprint density at radius 1 is 0.295 bits per heavy atom. The molecule has 6 heteroatoms. The van der Waals surface area contributed by atoms with E-state index in [2.05, 4.69) is 50.0 Å². The maximum absolute atomic E-state index is 6.69. The molecule has 0 amide bonds. The van der Waals surface area contributed by atoms with Crippen LogP contribution in [-0.4, -0.2) is 0 Å². The minimum absolute atomic E-state index is 0.503. The lowest BCUT2D eigenvalue weighted by molar-refractivity contribution is 0.433. The third-order valence-corrected chi connectivity index (χ3v) is 9.67. The van der Waals surface area contributed by atoms with Gasteiger partial charge in [-0.05, 0) is 96.8 Å². The van der Waals surface area contributed by atoms with Crippen molar-refractivity contribution in [3.63, 3.8) is 0 Å². The highest BCUT2D eigenvalue weighted by atomic mass is 16.5. The molecule has 0 N–H and O–H groups in total. The largest absolute Gasteiger partial charge is 0.456 e. The maximum atomic E-state index is 6.69. The molecule has 0 atom stereocenters. The zero-order valence-electron chi connectivity index (χ0n) is 33.6. The van der Waals surface area contributed by atoms with Crippen molar-refractivity contribution >= 4 is 0 Å². The molecule has 0 aliphatic heterocycles. The zero-order valence-corrected chi connectivity index (χ0v) is 33.6. The fourth-order valence-corrected chi connectivity index (χ4v) is 6.58. The number of rotatable bonds is 12. The first-order chi connectivity index (χ1) is 30.0. The van der Waals surface area contributed by atoms with Crippen LogP contribution in [0.25, 0.3) is 0 Å². The van der Waals surface area contributed by atoms with Crippen molar-refractivity contribution in [2.75, 3.05) is 0 Å². The van der Waals surface area contributed by atoms with Crippen LogP contribution < -0.4 is 28.4 Å². The predicted octanol–water partition coefficient (Wildman–Crippen LogP) is 14.0. The molecule has 0 aliphatic carbocycles. The molecule has 8 aromatic carbocycles. The maximum Gasteiger partial charge on any atom is 0.182 e. The second-order valence-corrected chi connectivity index (χ2v) is 14.2. The van der Waals surface area contributed by atoms with E-state index in [4.69, 9.17) is 28.4 Å². The van der Waals surface area contributed by atoms with Gasteiger partial charge in [0.05, 0.1) is 11.1 Å². The molecule has 0 heterocycles. The topological polar surface area (TPSA) is 55.4 Å². The summed E-state index contributed by atoms with van der Waals surface area (Å²) in [5.41, 5.74) is 2.65. The molecular weight excluding hydrogens is 757 g/mol. The Labute approximate surface area is 356 Å². The lowest BCUT2D eigenvalue weighted by Gasteiger charge is -2.30. The highest BCUT2D eigenvalue weighted by molar-refractivity contribution is 5.56. The van der Waals surface area contributed by atoms with E-state index in [0.29, 0.717) is 68.6 Å². The molecule has 0 aromatic heterocycles. The van der Waals surface area contributed by atoms with Gasteiger partial charge in [-0.1, -0.05) is 135 Å². The Bertz CT molecular complexity index is 2670. The second kappa shape index (κ2) is 19.0. The molecule has 8 aromatic rings.